The fourth-order valence-corrected chi connectivity index (χ4v) is 3.50. The van der Waals surface area contributed by atoms with Crippen LogP contribution in [0.5, 0.6) is 0 Å². The molecule has 0 N–H and O–H groups in total. The summed E-state index contributed by atoms with van der Waals surface area (Å²) in [5.41, 5.74) is 1.01. The van der Waals surface area contributed by atoms with Gasteiger partial charge in [0.2, 0.25) is 0 Å². The molecular weight excluding hydrogens is 248 g/mol. The topological polar surface area (TPSA) is 32.3 Å². The molecule has 4 heteroatoms. The zero-order chi connectivity index (χ0) is 13.8. The van der Waals surface area contributed by atoms with Crippen molar-refractivity contribution in [2.24, 2.45) is 5.92 Å². The van der Waals surface area contributed by atoms with Crippen LogP contribution in [-0.4, -0.2) is 47.6 Å². The van der Waals surface area contributed by atoms with Gasteiger partial charge in [0.25, 0.3) is 0 Å². The first-order chi connectivity index (χ1) is 9.81. The molecule has 0 amide bonds. The second-order valence-electron chi connectivity index (χ2n) is 6.31. The van der Waals surface area contributed by atoms with E-state index in [4.69, 9.17) is 0 Å². The largest absolute Gasteiger partial charge is 0.353 e. The zero-order valence-electron chi connectivity index (χ0n) is 12.6. The fraction of sp³-hybridized carbons (Fsp3) is 0.750. The highest BCUT2D eigenvalue weighted by atomic mass is 15.3. The molecule has 1 aliphatic heterocycles. The predicted molar refractivity (Wildman–Crippen MR) is 82.0 cm³/mol. The Labute approximate surface area is 122 Å². The first-order valence-electron chi connectivity index (χ1n) is 8.07. The molecular formula is C16H26N4. The van der Waals surface area contributed by atoms with Crippen LogP contribution < -0.4 is 4.90 Å². The summed E-state index contributed by atoms with van der Waals surface area (Å²) in [6, 6.07) is 0. The maximum Gasteiger partial charge on any atom is 0.147 e. The van der Waals surface area contributed by atoms with Gasteiger partial charge < -0.3 is 4.90 Å². The summed E-state index contributed by atoms with van der Waals surface area (Å²) in [6.45, 7) is 7.84. The number of aromatic nitrogens is 2. The number of nitrogens with zero attached hydrogens (tertiary/aromatic N) is 4. The lowest BCUT2D eigenvalue weighted by Crippen LogP contribution is -2.48. The smallest absolute Gasteiger partial charge is 0.147 e. The Morgan fingerprint density at radius 3 is 2.50 bits per heavy atom. The molecule has 1 aromatic heterocycles. The van der Waals surface area contributed by atoms with Gasteiger partial charge in [-0.2, -0.15) is 0 Å². The van der Waals surface area contributed by atoms with Crippen LogP contribution in [0.1, 0.15) is 37.8 Å². The quantitative estimate of drug-likeness (QED) is 0.847. The highest BCUT2D eigenvalue weighted by Gasteiger charge is 2.22. The molecule has 0 radical (unpaired) electrons. The first-order valence-corrected chi connectivity index (χ1v) is 8.07. The van der Waals surface area contributed by atoms with E-state index in [-0.39, 0.29) is 0 Å². The molecule has 0 aromatic carbocycles. The number of piperazine rings is 1. The van der Waals surface area contributed by atoms with Crippen molar-refractivity contribution in [1.29, 1.82) is 0 Å². The summed E-state index contributed by atoms with van der Waals surface area (Å²) in [6.07, 6.45) is 11.0. The standard InChI is InChI=1S/C16H26N4/c1-14-11-17-12-16(18-14)20-9-7-19(8-10-20)13-15-5-3-2-4-6-15/h11-12,15H,2-10,13H2,1H3. The second kappa shape index (κ2) is 6.53. The third-order valence-electron chi connectivity index (χ3n) is 4.68. The van der Waals surface area contributed by atoms with Crippen molar-refractivity contribution in [1.82, 2.24) is 14.9 Å². The monoisotopic (exact) mass is 274 g/mol. The third kappa shape index (κ3) is 3.48. The SMILES string of the molecule is Cc1cncc(N2CCN(CC3CCCCC3)CC2)n1. The maximum atomic E-state index is 4.58. The molecule has 1 saturated heterocycles. The lowest BCUT2D eigenvalue weighted by Gasteiger charge is -2.37. The fourth-order valence-electron chi connectivity index (χ4n) is 3.50. The summed E-state index contributed by atoms with van der Waals surface area (Å²) in [5.74, 6) is 2.00. The Kier molecular flexibility index (Phi) is 4.51. The molecule has 2 fully saturated rings. The van der Waals surface area contributed by atoms with Gasteiger partial charge in [-0.15, -0.1) is 0 Å². The predicted octanol–water partition coefficient (Wildman–Crippen LogP) is 2.49. The average Bonchev–Trinajstić information content (AvgIpc) is 2.49. The van der Waals surface area contributed by atoms with E-state index in [0.29, 0.717) is 0 Å². The Morgan fingerprint density at radius 1 is 1.05 bits per heavy atom. The first kappa shape index (κ1) is 13.8. The van der Waals surface area contributed by atoms with Crippen LogP contribution in [-0.2, 0) is 0 Å². The van der Waals surface area contributed by atoms with E-state index in [2.05, 4.69) is 19.8 Å². The zero-order valence-corrected chi connectivity index (χ0v) is 12.6. The number of aryl methyl sites for hydroxylation is 1. The molecule has 2 aliphatic rings. The van der Waals surface area contributed by atoms with Crippen molar-refractivity contribution in [2.75, 3.05) is 37.6 Å². The highest BCUT2D eigenvalue weighted by Crippen LogP contribution is 2.25. The molecule has 0 spiro atoms. The Balaban J connectivity index is 1.49. The second-order valence-corrected chi connectivity index (χ2v) is 6.31. The Hall–Kier alpha value is -1.16. The van der Waals surface area contributed by atoms with Crippen LogP contribution >= 0.6 is 0 Å². The molecule has 0 atom stereocenters. The van der Waals surface area contributed by atoms with Crippen molar-refractivity contribution in [2.45, 2.75) is 39.0 Å². The van der Waals surface area contributed by atoms with Gasteiger partial charge in [-0.05, 0) is 25.7 Å². The average molecular weight is 274 g/mol. The van der Waals surface area contributed by atoms with Crippen LogP contribution in [0.25, 0.3) is 0 Å². The minimum Gasteiger partial charge on any atom is -0.353 e. The van der Waals surface area contributed by atoms with Gasteiger partial charge in [0.05, 0.1) is 11.9 Å². The maximum absolute atomic E-state index is 4.58. The van der Waals surface area contributed by atoms with E-state index in [1.54, 1.807) is 0 Å². The van der Waals surface area contributed by atoms with E-state index in [9.17, 15) is 0 Å². The minimum absolute atomic E-state index is 0.953. The van der Waals surface area contributed by atoms with Crippen LogP contribution in [0.3, 0.4) is 0 Å². The summed E-state index contributed by atoms with van der Waals surface area (Å²) in [5, 5.41) is 0. The van der Waals surface area contributed by atoms with E-state index in [1.807, 2.05) is 19.3 Å². The van der Waals surface area contributed by atoms with Gasteiger partial charge in [-0.1, -0.05) is 19.3 Å². The molecule has 0 unspecified atom stereocenters. The van der Waals surface area contributed by atoms with Crippen molar-refractivity contribution in [3.63, 3.8) is 0 Å². The highest BCUT2D eigenvalue weighted by molar-refractivity contribution is 5.36. The lowest BCUT2D eigenvalue weighted by molar-refractivity contribution is 0.191. The van der Waals surface area contributed by atoms with Crippen molar-refractivity contribution >= 4 is 5.82 Å². The number of hydrogen-bond donors (Lipinski definition) is 0. The molecule has 0 bridgehead atoms. The van der Waals surface area contributed by atoms with E-state index < -0.39 is 0 Å². The van der Waals surface area contributed by atoms with Gasteiger partial charge in [-0.25, -0.2) is 4.98 Å². The van der Waals surface area contributed by atoms with E-state index in [1.165, 1.54) is 51.7 Å². The lowest BCUT2D eigenvalue weighted by atomic mass is 9.89. The van der Waals surface area contributed by atoms with E-state index in [0.717, 1.165) is 30.5 Å². The summed E-state index contributed by atoms with van der Waals surface area (Å²) in [7, 11) is 0. The van der Waals surface area contributed by atoms with Gasteiger partial charge in [0, 0.05) is 38.9 Å². The number of hydrogen-bond acceptors (Lipinski definition) is 4. The summed E-state index contributed by atoms with van der Waals surface area (Å²) < 4.78 is 0. The van der Waals surface area contributed by atoms with Crippen LogP contribution in [0.2, 0.25) is 0 Å². The molecule has 1 saturated carbocycles. The molecule has 3 rings (SSSR count). The Morgan fingerprint density at radius 2 is 1.80 bits per heavy atom. The van der Waals surface area contributed by atoms with E-state index >= 15 is 0 Å². The van der Waals surface area contributed by atoms with Crippen LogP contribution in [0, 0.1) is 12.8 Å². The minimum atomic E-state index is 0.953. The van der Waals surface area contributed by atoms with Gasteiger partial charge in [0.15, 0.2) is 0 Å². The summed E-state index contributed by atoms with van der Waals surface area (Å²) in [4.78, 5) is 13.9. The van der Waals surface area contributed by atoms with Gasteiger partial charge >= 0.3 is 0 Å². The molecule has 1 aromatic rings. The molecule has 4 nitrogen and oxygen atoms in total. The van der Waals surface area contributed by atoms with Crippen LogP contribution in [0.4, 0.5) is 5.82 Å². The molecule has 20 heavy (non-hydrogen) atoms. The van der Waals surface area contributed by atoms with Gasteiger partial charge in [-0.3, -0.25) is 9.88 Å². The van der Waals surface area contributed by atoms with Gasteiger partial charge in [0.1, 0.15) is 5.82 Å². The summed E-state index contributed by atoms with van der Waals surface area (Å²) >= 11 is 0. The molecule has 1 aliphatic carbocycles. The Bertz CT molecular complexity index is 420. The molecule has 110 valence electrons. The van der Waals surface area contributed by atoms with Crippen molar-refractivity contribution in [3.8, 4) is 0 Å². The van der Waals surface area contributed by atoms with Crippen LogP contribution in [0.15, 0.2) is 12.4 Å². The normalized spacial score (nSPS) is 22.1. The number of anilines is 1. The number of rotatable bonds is 3. The molecule has 2 heterocycles. The van der Waals surface area contributed by atoms with Crippen molar-refractivity contribution in [3.05, 3.63) is 18.1 Å². The third-order valence-corrected chi connectivity index (χ3v) is 4.68. The van der Waals surface area contributed by atoms with Crippen molar-refractivity contribution < 1.29 is 0 Å².